The molecule has 1 aliphatic heterocycles. The van der Waals surface area contributed by atoms with E-state index < -0.39 is 0 Å². The molecule has 3 rings (SSSR count). The fourth-order valence-corrected chi connectivity index (χ4v) is 3.56. The molecule has 3 unspecified atom stereocenters. The Hall–Kier alpha value is -1.32. The molecule has 0 saturated carbocycles. The number of para-hydroxylation sites is 1. The van der Waals surface area contributed by atoms with E-state index in [4.69, 9.17) is 0 Å². The number of nitrogens with zero attached hydrogens (tertiary/aromatic N) is 1. The molecular weight excluding hydrogens is 258 g/mol. The highest BCUT2D eigenvalue weighted by Crippen LogP contribution is 2.21. The quantitative estimate of drug-likeness (QED) is 0.904. The van der Waals surface area contributed by atoms with Gasteiger partial charge < -0.3 is 15.2 Å². The van der Waals surface area contributed by atoms with Gasteiger partial charge in [0, 0.05) is 35.7 Å². The molecule has 0 amide bonds. The second-order valence-corrected chi connectivity index (χ2v) is 6.67. The highest BCUT2D eigenvalue weighted by molar-refractivity contribution is 5.83. The minimum Gasteiger partial charge on any atom is -0.361 e. The summed E-state index contributed by atoms with van der Waals surface area (Å²) in [4.78, 5) is 5.84. The first-order valence-electron chi connectivity index (χ1n) is 8.13. The number of hydrogen-bond acceptors (Lipinski definition) is 2. The van der Waals surface area contributed by atoms with E-state index in [0.717, 1.165) is 18.9 Å². The van der Waals surface area contributed by atoms with Gasteiger partial charge in [0.2, 0.25) is 0 Å². The molecule has 1 aliphatic rings. The first kappa shape index (κ1) is 14.6. The molecule has 2 aromatic rings. The Morgan fingerprint density at radius 1 is 1.29 bits per heavy atom. The minimum absolute atomic E-state index is 0.654. The number of aromatic nitrogens is 1. The summed E-state index contributed by atoms with van der Waals surface area (Å²) in [5.74, 6) is 0.731. The summed E-state index contributed by atoms with van der Waals surface area (Å²) in [6.45, 7) is 6.96. The predicted octanol–water partition coefficient (Wildman–Crippen LogP) is 3.03. The third kappa shape index (κ3) is 3.14. The van der Waals surface area contributed by atoms with Crippen molar-refractivity contribution in [2.75, 3.05) is 20.1 Å². The van der Waals surface area contributed by atoms with Gasteiger partial charge >= 0.3 is 0 Å². The lowest BCUT2D eigenvalue weighted by Gasteiger charge is -2.40. The van der Waals surface area contributed by atoms with Crippen molar-refractivity contribution in [1.29, 1.82) is 0 Å². The Morgan fingerprint density at radius 2 is 2.10 bits per heavy atom. The standard InChI is InChI=1S/C18H27N3/c1-13-12-21(3)14(2)10-18(13)19-9-8-15-11-20-17-7-5-4-6-16(15)17/h4-7,11,13-14,18-20H,8-10,12H2,1-3H3. The van der Waals surface area contributed by atoms with Crippen molar-refractivity contribution >= 4 is 10.9 Å². The molecule has 0 aliphatic carbocycles. The summed E-state index contributed by atoms with van der Waals surface area (Å²) in [5, 5.41) is 5.15. The van der Waals surface area contributed by atoms with Crippen LogP contribution < -0.4 is 5.32 Å². The monoisotopic (exact) mass is 285 g/mol. The second kappa shape index (κ2) is 6.20. The molecule has 0 spiro atoms. The van der Waals surface area contributed by atoms with Crippen LogP contribution in [0.15, 0.2) is 30.5 Å². The first-order valence-corrected chi connectivity index (χ1v) is 8.13. The molecule has 21 heavy (non-hydrogen) atoms. The highest BCUT2D eigenvalue weighted by Gasteiger charge is 2.28. The van der Waals surface area contributed by atoms with Gasteiger partial charge in [-0.3, -0.25) is 0 Å². The Bertz CT molecular complexity index is 589. The molecule has 2 N–H and O–H groups in total. The molecular formula is C18H27N3. The van der Waals surface area contributed by atoms with Gasteiger partial charge in [-0.2, -0.15) is 0 Å². The van der Waals surface area contributed by atoms with Gasteiger partial charge in [-0.25, -0.2) is 0 Å². The largest absolute Gasteiger partial charge is 0.361 e. The van der Waals surface area contributed by atoms with Crippen LogP contribution in [0.1, 0.15) is 25.8 Å². The zero-order valence-corrected chi connectivity index (χ0v) is 13.4. The predicted molar refractivity (Wildman–Crippen MR) is 89.7 cm³/mol. The number of rotatable bonds is 4. The van der Waals surface area contributed by atoms with E-state index in [0.29, 0.717) is 12.1 Å². The van der Waals surface area contributed by atoms with E-state index in [-0.39, 0.29) is 0 Å². The molecule has 3 atom stereocenters. The van der Waals surface area contributed by atoms with E-state index in [1.807, 2.05) is 0 Å². The average molecular weight is 285 g/mol. The summed E-state index contributed by atoms with van der Waals surface area (Å²) in [7, 11) is 2.24. The van der Waals surface area contributed by atoms with Gasteiger partial charge in [0.05, 0.1) is 0 Å². The van der Waals surface area contributed by atoms with Crippen molar-refractivity contribution in [2.45, 2.75) is 38.8 Å². The van der Waals surface area contributed by atoms with Crippen molar-refractivity contribution in [3.8, 4) is 0 Å². The SMILES string of the molecule is CC1CN(C)C(C)CC1NCCc1c[nH]c2ccccc12. The third-order valence-electron chi connectivity index (χ3n) is 5.09. The van der Waals surface area contributed by atoms with Crippen LogP contribution in [0.2, 0.25) is 0 Å². The van der Waals surface area contributed by atoms with Crippen molar-refractivity contribution in [2.24, 2.45) is 5.92 Å². The molecule has 0 radical (unpaired) electrons. The van der Waals surface area contributed by atoms with Crippen molar-refractivity contribution in [1.82, 2.24) is 15.2 Å². The lowest BCUT2D eigenvalue weighted by Crippen LogP contribution is -2.51. The zero-order chi connectivity index (χ0) is 14.8. The average Bonchev–Trinajstić information content (AvgIpc) is 2.88. The number of fused-ring (bicyclic) bond motifs is 1. The van der Waals surface area contributed by atoms with Crippen molar-refractivity contribution < 1.29 is 0 Å². The van der Waals surface area contributed by atoms with Crippen molar-refractivity contribution in [3.05, 3.63) is 36.0 Å². The molecule has 1 saturated heterocycles. The lowest BCUT2D eigenvalue weighted by atomic mass is 9.90. The Labute approximate surface area is 127 Å². The van der Waals surface area contributed by atoms with Gasteiger partial charge in [0.15, 0.2) is 0 Å². The number of nitrogens with one attached hydrogen (secondary N) is 2. The summed E-state index contributed by atoms with van der Waals surface area (Å²) >= 11 is 0. The van der Waals surface area contributed by atoms with Crippen LogP contribution in [0.4, 0.5) is 0 Å². The van der Waals surface area contributed by atoms with E-state index >= 15 is 0 Å². The fourth-order valence-electron chi connectivity index (χ4n) is 3.56. The minimum atomic E-state index is 0.654. The van der Waals surface area contributed by atoms with Crippen LogP contribution in [-0.4, -0.2) is 42.1 Å². The van der Waals surface area contributed by atoms with E-state index in [2.05, 4.69) is 66.6 Å². The molecule has 1 fully saturated rings. The molecule has 1 aromatic heterocycles. The number of piperidine rings is 1. The van der Waals surface area contributed by atoms with Crippen LogP contribution >= 0.6 is 0 Å². The first-order chi connectivity index (χ1) is 10.1. The summed E-state index contributed by atoms with van der Waals surface area (Å²) in [5.41, 5.74) is 2.67. The third-order valence-corrected chi connectivity index (χ3v) is 5.09. The van der Waals surface area contributed by atoms with Crippen LogP contribution in [0, 0.1) is 5.92 Å². The van der Waals surface area contributed by atoms with Crippen LogP contribution in [0.3, 0.4) is 0 Å². The van der Waals surface area contributed by atoms with E-state index in [9.17, 15) is 0 Å². The molecule has 114 valence electrons. The van der Waals surface area contributed by atoms with Crippen molar-refractivity contribution in [3.63, 3.8) is 0 Å². The van der Waals surface area contributed by atoms with E-state index in [1.54, 1.807) is 0 Å². The summed E-state index contributed by atoms with van der Waals surface area (Å²) in [6.07, 6.45) is 4.51. The number of benzene rings is 1. The maximum absolute atomic E-state index is 3.78. The Kier molecular flexibility index (Phi) is 4.32. The van der Waals surface area contributed by atoms with E-state index in [1.165, 1.54) is 29.4 Å². The number of aromatic amines is 1. The summed E-state index contributed by atoms with van der Waals surface area (Å²) in [6, 6.07) is 9.90. The zero-order valence-electron chi connectivity index (χ0n) is 13.4. The topological polar surface area (TPSA) is 31.1 Å². The Balaban J connectivity index is 1.56. The fraction of sp³-hybridized carbons (Fsp3) is 0.556. The van der Waals surface area contributed by atoms with Gasteiger partial charge in [-0.05, 0) is 50.9 Å². The highest BCUT2D eigenvalue weighted by atomic mass is 15.2. The van der Waals surface area contributed by atoms with Crippen LogP contribution in [-0.2, 0) is 6.42 Å². The van der Waals surface area contributed by atoms with Gasteiger partial charge in [0.25, 0.3) is 0 Å². The van der Waals surface area contributed by atoms with Crippen LogP contribution in [0.5, 0.6) is 0 Å². The molecule has 0 bridgehead atoms. The Morgan fingerprint density at radius 3 is 2.95 bits per heavy atom. The number of hydrogen-bond donors (Lipinski definition) is 2. The summed E-state index contributed by atoms with van der Waals surface area (Å²) < 4.78 is 0. The van der Waals surface area contributed by atoms with Gasteiger partial charge in [-0.15, -0.1) is 0 Å². The molecule has 1 aromatic carbocycles. The molecule has 3 heteroatoms. The smallest absolute Gasteiger partial charge is 0.0456 e. The second-order valence-electron chi connectivity index (χ2n) is 6.67. The maximum Gasteiger partial charge on any atom is 0.0456 e. The molecule has 3 nitrogen and oxygen atoms in total. The number of H-pyrrole nitrogens is 1. The molecule has 2 heterocycles. The lowest BCUT2D eigenvalue weighted by molar-refractivity contribution is 0.122. The normalized spacial score (nSPS) is 27.3. The maximum atomic E-state index is 3.78. The van der Waals surface area contributed by atoms with Gasteiger partial charge in [0.1, 0.15) is 0 Å². The number of likely N-dealkylation sites (tertiary alicyclic amines) is 1. The van der Waals surface area contributed by atoms with Gasteiger partial charge in [-0.1, -0.05) is 25.1 Å². The van der Waals surface area contributed by atoms with Crippen LogP contribution in [0.25, 0.3) is 10.9 Å².